The molecule has 5 heteroatoms. The van der Waals surface area contributed by atoms with Crippen LogP contribution in [-0.2, 0) is 0 Å². The summed E-state index contributed by atoms with van der Waals surface area (Å²) in [5, 5.41) is 3.24. The fourth-order valence-electron chi connectivity index (χ4n) is 1.55. The highest BCUT2D eigenvalue weighted by molar-refractivity contribution is 9.10. The topological polar surface area (TPSA) is 47.0 Å². The maximum absolute atomic E-state index is 5.02. The van der Waals surface area contributed by atoms with E-state index in [4.69, 9.17) is 4.74 Å². The second-order valence-corrected chi connectivity index (χ2v) is 4.78. The minimum atomic E-state index is 0.135. The zero-order valence-corrected chi connectivity index (χ0v) is 11.8. The van der Waals surface area contributed by atoms with E-state index >= 15 is 0 Å². The first-order valence-corrected chi connectivity index (χ1v) is 6.36. The zero-order valence-electron chi connectivity index (χ0n) is 10.2. The molecule has 1 aromatic heterocycles. The summed E-state index contributed by atoms with van der Waals surface area (Å²) in [4.78, 5) is 8.36. The van der Waals surface area contributed by atoms with Gasteiger partial charge in [0.2, 0.25) is 5.95 Å². The minimum Gasteiger partial charge on any atom is -0.494 e. The number of benzene rings is 1. The summed E-state index contributed by atoms with van der Waals surface area (Å²) in [5.74, 6) is 1.24. The van der Waals surface area contributed by atoms with Crippen molar-refractivity contribution in [3.05, 3.63) is 46.7 Å². The summed E-state index contributed by atoms with van der Waals surface area (Å²) in [5.41, 5.74) is 1.17. The summed E-state index contributed by atoms with van der Waals surface area (Å²) in [7, 11) is 1.59. The van der Waals surface area contributed by atoms with Gasteiger partial charge in [0.05, 0.1) is 25.5 Å². The van der Waals surface area contributed by atoms with Crippen molar-refractivity contribution in [3.8, 4) is 5.75 Å². The molecule has 0 spiro atoms. The lowest BCUT2D eigenvalue weighted by molar-refractivity contribution is 0.411. The van der Waals surface area contributed by atoms with Crippen molar-refractivity contribution in [2.24, 2.45) is 0 Å². The van der Waals surface area contributed by atoms with Gasteiger partial charge < -0.3 is 10.1 Å². The number of nitrogens with one attached hydrogen (secondary N) is 1. The van der Waals surface area contributed by atoms with E-state index in [9.17, 15) is 0 Å². The summed E-state index contributed by atoms with van der Waals surface area (Å²) in [6.07, 6.45) is 3.28. The lowest BCUT2D eigenvalue weighted by Crippen LogP contribution is -2.09. The van der Waals surface area contributed by atoms with Gasteiger partial charge in [0.1, 0.15) is 0 Å². The largest absolute Gasteiger partial charge is 0.494 e. The molecule has 2 aromatic rings. The Labute approximate surface area is 115 Å². The third-order valence-corrected chi connectivity index (χ3v) is 3.05. The molecule has 1 heterocycles. The Bertz CT molecular complexity index is 516. The molecule has 94 valence electrons. The molecule has 0 aliphatic carbocycles. The number of methoxy groups -OCH3 is 1. The molecule has 1 unspecified atom stereocenters. The van der Waals surface area contributed by atoms with E-state index in [2.05, 4.69) is 50.3 Å². The molecule has 0 saturated carbocycles. The number of anilines is 1. The predicted octanol–water partition coefficient (Wildman–Crippen LogP) is 3.42. The highest BCUT2D eigenvalue weighted by Crippen LogP contribution is 2.20. The highest BCUT2D eigenvalue weighted by atomic mass is 79.9. The van der Waals surface area contributed by atoms with Crippen molar-refractivity contribution in [3.63, 3.8) is 0 Å². The average molecular weight is 308 g/mol. The number of ether oxygens (including phenoxy) is 1. The number of aromatic nitrogens is 2. The molecule has 18 heavy (non-hydrogen) atoms. The molecular weight excluding hydrogens is 294 g/mol. The van der Waals surface area contributed by atoms with Crippen LogP contribution in [0, 0.1) is 0 Å². The number of hydrogen-bond donors (Lipinski definition) is 1. The van der Waals surface area contributed by atoms with Crippen LogP contribution in [0.1, 0.15) is 18.5 Å². The summed E-state index contributed by atoms with van der Waals surface area (Å²) < 4.78 is 6.08. The zero-order chi connectivity index (χ0) is 13.0. The van der Waals surface area contributed by atoms with Crippen molar-refractivity contribution in [2.75, 3.05) is 12.4 Å². The minimum absolute atomic E-state index is 0.135. The average Bonchev–Trinajstić information content (AvgIpc) is 2.39. The molecule has 1 N–H and O–H groups in total. The van der Waals surface area contributed by atoms with Crippen molar-refractivity contribution in [1.82, 2.24) is 9.97 Å². The SMILES string of the molecule is COc1cnc(NC(C)c2cccc(Br)c2)nc1. The molecule has 0 fully saturated rings. The van der Waals surface area contributed by atoms with Gasteiger partial charge in [-0.3, -0.25) is 0 Å². The van der Waals surface area contributed by atoms with E-state index in [-0.39, 0.29) is 6.04 Å². The first kappa shape index (κ1) is 12.8. The third kappa shape index (κ3) is 3.20. The Hall–Kier alpha value is -1.62. The van der Waals surface area contributed by atoms with E-state index in [1.54, 1.807) is 19.5 Å². The highest BCUT2D eigenvalue weighted by Gasteiger charge is 2.07. The van der Waals surface area contributed by atoms with E-state index < -0.39 is 0 Å². The first-order valence-electron chi connectivity index (χ1n) is 5.57. The molecule has 0 aliphatic rings. The van der Waals surface area contributed by atoms with Gasteiger partial charge in [-0.25, -0.2) is 9.97 Å². The van der Waals surface area contributed by atoms with Crippen LogP contribution in [0.5, 0.6) is 5.75 Å². The molecule has 0 amide bonds. The van der Waals surface area contributed by atoms with E-state index in [1.807, 2.05) is 12.1 Å². The van der Waals surface area contributed by atoms with Crippen LogP contribution in [0.4, 0.5) is 5.95 Å². The lowest BCUT2D eigenvalue weighted by atomic mass is 10.1. The number of rotatable bonds is 4. The predicted molar refractivity (Wildman–Crippen MR) is 74.8 cm³/mol. The summed E-state index contributed by atoms with van der Waals surface area (Å²) in [6.45, 7) is 2.06. The summed E-state index contributed by atoms with van der Waals surface area (Å²) in [6, 6.07) is 8.27. The van der Waals surface area contributed by atoms with Crippen LogP contribution >= 0.6 is 15.9 Å². The van der Waals surface area contributed by atoms with E-state index in [1.165, 1.54) is 5.56 Å². The van der Waals surface area contributed by atoms with E-state index in [0.717, 1.165) is 4.47 Å². The van der Waals surface area contributed by atoms with Gasteiger partial charge in [0.15, 0.2) is 5.75 Å². The fourth-order valence-corrected chi connectivity index (χ4v) is 1.97. The lowest BCUT2D eigenvalue weighted by Gasteiger charge is -2.14. The van der Waals surface area contributed by atoms with Gasteiger partial charge in [-0.15, -0.1) is 0 Å². The molecule has 0 radical (unpaired) electrons. The Balaban J connectivity index is 2.08. The molecule has 0 bridgehead atoms. The van der Waals surface area contributed by atoms with Crippen molar-refractivity contribution < 1.29 is 4.74 Å². The fraction of sp³-hybridized carbons (Fsp3) is 0.231. The molecule has 0 saturated heterocycles. The Morgan fingerprint density at radius 2 is 2.00 bits per heavy atom. The van der Waals surface area contributed by atoms with Gasteiger partial charge in [-0.1, -0.05) is 28.1 Å². The molecule has 2 rings (SSSR count). The van der Waals surface area contributed by atoms with Crippen molar-refractivity contribution in [2.45, 2.75) is 13.0 Å². The maximum Gasteiger partial charge on any atom is 0.223 e. The molecule has 1 atom stereocenters. The quantitative estimate of drug-likeness (QED) is 0.940. The monoisotopic (exact) mass is 307 g/mol. The van der Waals surface area contributed by atoms with E-state index in [0.29, 0.717) is 11.7 Å². The smallest absolute Gasteiger partial charge is 0.223 e. The van der Waals surface area contributed by atoms with Crippen LogP contribution in [0.3, 0.4) is 0 Å². The van der Waals surface area contributed by atoms with Crippen LogP contribution in [0.2, 0.25) is 0 Å². The van der Waals surface area contributed by atoms with Crippen LogP contribution in [0.15, 0.2) is 41.1 Å². The maximum atomic E-state index is 5.02. The molecule has 1 aromatic carbocycles. The van der Waals surface area contributed by atoms with Gasteiger partial charge in [0.25, 0.3) is 0 Å². The Kier molecular flexibility index (Phi) is 4.15. The van der Waals surface area contributed by atoms with Gasteiger partial charge in [0, 0.05) is 4.47 Å². The van der Waals surface area contributed by atoms with Crippen molar-refractivity contribution in [1.29, 1.82) is 0 Å². The Morgan fingerprint density at radius 3 is 2.61 bits per heavy atom. The second-order valence-electron chi connectivity index (χ2n) is 3.87. The standard InChI is InChI=1S/C13H14BrN3O/c1-9(10-4-3-5-11(14)6-10)17-13-15-7-12(18-2)8-16-13/h3-9H,1-2H3,(H,15,16,17). The van der Waals surface area contributed by atoms with Crippen LogP contribution in [-0.4, -0.2) is 17.1 Å². The van der Waals surface area contributed by atoms with Crippen molar-refractivity contribution >= 4 is 21.9 Å². The first-order chi connectivity index (χ1) is 8.69. The number of halogens is 1. The normalized spacial score (nSPS) is 11.9. The number of hydrogen-bond acceptors (Lipinski definition) is 4. The second kappa shape index (κ2) is 5.82. The summed E-state index contributed by atoms with van der Waals surface area (Å²) >= 11 is 3.46. The Morgan fingerprint density at radius 1 is 1.28 bits per heavy atom. The van der Waals surface area contributed by atoms with Crippen LogP contribution in [0.25, 0.3) is 0 Å². The van der Waals surface area contributed by atoms with Crippen LogP contribution < -0.4 is 10.1 Å². The number of nitrogens with zero attached hydrogens (tertiary/aromatic N) is 2. The van der Waals surface area contributed by atoms with Gasteiger partial charge in [-0.05, 0) is 24.6 Å². The molecule has 4 nitrogen and oxygen atoms in total. The van der Waals surface area contributed by atoms with Gasteiger partial charge in [-0.2, -0.15) is 0 Å². The third-order valence-electron chi connectivity index (χ3n) is 2.56. The van der Waals surface area contributed by atoms with Gasteiger partial charge >= 0.3 is 0 Å². The molecular formula is C13H14BrN3O. The molecule has 0 aliphatic heterocycles.